The summed E-state index contributed by atoms with van der Waals surface area (Å²) in [6.07, 6.45) is 0.734. The van der Waals surface area contributed by atoms with Gasteiger partial charge >= 0.3 is 0 Å². The Labute approximate surface area is 218 Å². The first kappa shape index (κ1) is 27.6. The summed E-state index contributed by atoms with van der Waals surface area (Å²) in [6.45, 7) is 4.47. The van der Waals surface area contributed by atoms with E-state index in [0.717, 1.165) is 18.0 Å². The minimum Gasteiger partial charge on any atom is -0.497 e. The van der Waals surface area contributed by atoms with E-state index in [2.05, 4.69) is 9.69 Å². The number of primary amides is 1. The van der Waals surface area contributed by atoms with E-state index < -0.39 is 29.6 Å². The molecule has 0 aliphatic rings. The number of ether oxygens (including phenoxy) is 1. The number of nitrogens with one attached hydrogen (secondary N) is 1. The maximum absolute atomic E-state index is 13.9. The highest BCUT2D eigenvalue weighted by Gasteiger charge is 2.35. The molecule has 0 fully saturated rings. The van der Waals surface area contributed by atoms with Gasteiger partial charge in [-0.1, -0.05) is 38.1 Å². The van der Waals surface area contributed by atoms with Gasteiger partial charge in [-0.25, -0.2) is 4.39 Å². The number of halogens is 1. The Morgan fingerprint density at radius 3 is 2.30 bits per heavy atom. The number of anilines is 1. The maximum Gasteiger partial charge on any atom is 0.270 e. The minimum atomic E-state index is -1.12. The van der Waals surface area contributed by atoms with Crippen molar-refractivity contribution in [1.29, 1.82) is 0 Å². The van der Waals surface area contributed by atoms with Crippen LogP contribution < -0.4 is 21.5 Å². The zero-order valence-electron chi connectivity index (χ0n) is 20.9. The van der Waals surface area contributed by atoms with E-state index in [1.165, 1.54) is 29.2 Å². The second-order valence-corrected chi connectivity index (χ2v) is 9.62. The van der Waals surface area contributed by atoms with Gasteiger partial charge in [0, 0.05) is 13.1 Å². The molecule has 196 valence electrons. The minimum absolute atomic E-state index is 0.00567. The fourth-order valence-electron chi connectivity index (χ4n) is 3.67. The van der Waals surface area contributed by atoms with Crippen molar-refractivity contribution in [2.24, 2.45) is 11.7 Å². The van der Waals surface area contributed by atoms with Gasteiger partial charge in [0.05, 0.1) is 12.8 Å². The van der Waals surface area contributed by atoms with Gasteiger partial charge in [-0.3, -0.25) is 14.4 Å². The molecule has 0 radical (unpaired) electrons. The highest BCUT2D eigenvalue weighted by Crippen LogP contribution is 2.30. The first-order valence-corrected chi connectivity index (χ1v) is 12.4. The number of methoxy groups -OCH3 is 1. The van der Waals surface area contributed by atoms with Gasteiger partial charge in [0.25, 0.3) is 11.8 Å². The van der Waals surface area contributed by atoms with Crippen LogP contribution in [0.15, 0.2) is 48.5 Å². The van der Waals surface area contributed by atoms with Crippen molar-refractivity contribution >= 4 is 34.9 Å². The van der Waals surface area contributed by atoms with Crippen LogP contribution in [0.2, 0.25) is 0 Å². The summed E-state index contributed by atoms with van der Waals surface area (Å²) >= 11 is 0.727. The SMILES string of the molecule is COc1ccc(CN(C(=O)c2snc(C(N)=O)c2N)C(C(=O)NCCC(C)C)c2ccc(F)cc2)cc1. The molecule has 0 saturated carbocycles. The van der Waals surface area contributed by atoms with Crippen molar-refractivity contribution in [3.63, 3.8) is 0 Å². The van der Waals surface area contributed by atoms with Crippen LogP contribution in [0.5, 0.6) is 5.75 Å². The fraction of sp³-hybridized carbons (Fsp3) is 0.308. The van der Waals surface area contributed by atoms with Crippen LogP contribution in [0.3, 0.4) is 0 Å². The number of nitrogens with zero attached hydrogens (tertiary/aromatic N) is 2. The van der Waals surface area contributed by atoms with Gasteiger partial charge in [-0.15, -0.1) is 0 Å². The van der Waals surface area contributed by atoms with E-state index in [1.54, 1.807) is 31.4 Å². The highest BCUT2D eigenvalue weighted by molar-refractivity contribution is 7.09. The van der Waals surface area contributed by atoms with Crippen LogP contribution in [0.1, 0.15) is 57.6 Å². The predicted octanol–water partition coefficient (Wildman–Crippen LogP) is 3.52. The van der Waals surface area contributed by atoms with Crippen LogP contribution in [0, 0.1) is 11.7 Å². The zero-order valence-corrected chi connectivity index (χ0v) is 21.7. The zero-order chi connectivity index (χ0) is 27.1. The standard InChI is InChI=1S/C26H30FN5O4S/c1-15(2)12-13-30-25(34)22(17-6-8-18(27)9-7-17)32(14-16-4-10-19(36-3)11-5-16)26(35)23-20(28)21(24(29)33)31-37-23/h4-11,15,22H,12-14,28H2,1-3H3,(H2,29,33)(H,30,34). The van der Waals surface area contributed by atoms with Gasteiger partial charge in [-0.2, -0.15) is 4.37 Å². The molecular weight excluding hydrogens is 497 g/mol. The third-order valence-corrected chi connectivity index (χ3v) is 6.55. The number of nitrogens with two attached hydrogens (primary N) is 2. The molecule has 1 heterocycles. The molecule has 3 amide bonds. The molecule has 1 aromatic heterocycles. The van der Waals surface area contributed by atoms with E-state index in [4.69, 9.17) is 16.2 Å². The van der Waals surface area contributed by atoms with Gasteiger partial charge < -0.3 is 26.4 Å². The molecule has 2 aromatic carbocycles. The van der Waals surface area contributed by atoms with Crippen LogP contribution in [-0.4, -0.2) is 40.6 Å². The molecular formula is C26H30FN5O4S. The second-order valence-electron chi connectivity index (χ2n) is 8.85. The molecule has 0 aliphatic carbocycles. The molecule has 0 spiro atoms. The highest BCUT2D eigenvalue weighted by atomic mass is 32.1. The normalized spacial score (nSPS) is 11.7. The summed E-state index contributed by atoms with van der Waals surface area (Å²) < 4.78 is 22.9. The van der Waals surface area contributed by atoms with Gasteiger partial charge in [0.1, 0.15) is 22.5 Å². The number of benzene rings is 2. The Bertz CT molecular complexity index is 1240. The summed E-state index contributed by atoms with van der Waals surface area (Å²) in [4.78, 5) is 40.4. The molecule has 37 heavy (non-hydrogen) atoms. The van der Waals surface area contributed by atoms with Crippen molar-refractivity contribution < 1.29 is 23.5 Å². The molecule has 5 N–H and O–H groups in total. The number of carbonyl (C=O) groups excluding carboxylic acids is 3. The molecule has 0 bridgehead atoms. The first-order valence-electron chi connectivity index (χ1n) is 11.6. The Balaban J connectivity index is 2.08. The summed E-state index contributed by atoms with van der Waals surface area (Å²) in [5.74, 6) is -1.42. The lowest BCUT2D eigenvalue weighted by atomic mass is 10.0. The number of aromatic nitrogens is 1. The molecule has 9 nitrogen and oxygen atoms in total. The Morgan fingerprint density at radius 1 is 1.11 bits per heavy atom. The van der Waals surface area contributed by atoms with E-state index in [1.807, 2.05) is 13.8 Å². The lowest BCUT2D eigenvalue weighted by Crippen LogP contribution is -2.43. The number of carbonyl (C=O) groups is 3. The molecule has 0 aliphatic heterocycles. The number of hydrogen-bond acceptors (Lipinski definition) is 7. The molecule has 11 heteroatoms. The summed E-state index contributed by atoms with van der Waals surface area (Å²) in [6, 6.07) is 11.3. The third-order valence-electron chi connectivity index (χ3n) is 5.70. The maximum atomic E-state index is 13.9. The van der Waals surface area contributed by atoms with Crippen LogP contribution in [0.4, 0.5) is 10.1 Å². The Kier molecular flexibility index (Phi) is 9.18. The summed E-state index contributed by atoms with van der Waals surface area (Å²) in [5, 5.41) is 2.89. The van der Waals surface area contributed by atoms with Crippen molar-refractivity contribution in [3.05, 3.63) is 76.0 Å². The Hall–Kier alpha value is -3.99. The third kappa shape index (κ3) is 6.82. The average Bonchev–Trinajstić information content (AvgIpc) is 3.26. The first-order chi connectivity index (χ1) is 17.6. The average molecular weight is 528 g/mol. The monoisotopic (exact) mass is 527 g/mol. The van der Waals surface area contributed by atoms with Crippen molar-refractivity contribution in [2.45, 2.75) is 32.9 Å². The largest absolute Gasteiger partial charge is 0.497 e. The lowest BCUT2D eigenvalue weighted by molar-refractivity contribution is -0.126. The predicted molar refractivity (Wildman–Crippen MR) is 140 cm³/mol. The quantitative estimate of drug-likeness (QED) is 0.349. The van der Waals surface area contributed by atoms with E-state index in [9.17, 15) is 18.8 Å². The van der Waals surface area contributed by atoms with E-state index in [-0.39, 0.29) is 22.8 Å². The van der Waals surface area contributed by atoms with Crippen LogP contribution in [0.25, 0.3) is 0 Å². The van der Waals surface area contributed by atoms with Crippen molar-refractivity contribution in [2.75, 3.05) is 19.4 Å². The smallest absolute Gasteiger partial charge is 0.270 e. The molecule has 1 unspecified atom stereocenters. The second kappa shape index (κ2) is 12.3. The van der Waals surface area contributed by atoms with E-state index in [0.29, 0.717) is 29.3 Å². The fourth-order valence-corrected chi connectivity index (χ4v) is 4.43. The number of hydrogen-bond donors (Lipinski definition) is 3. The summed E-state index contributed by atoms with van der Waals surface area (Å²) in [7, 11) is 1.54. The van der Waals surface area contributed by atoms with Gasteiger partial charge in [0.2, 0.25) is 5.91 Å². The summed E-state index contributed by atoms with van der Waals surface area (Å²) in [5.41, 5.74) is 12.1. The molecule has 3 rings (SSSR count). The topological polar surface area (TPSA) is 141 Å². The lowest BCUT2D eigenvalue weighted by Gasteiger charge is -2.31. The van der Waals surface area contributed by atoms with Crippen LogP contribution >= 0.6 is 11.5 Å². The van der Waals surface area contributed by atoms with Gasteiger partial charge in [-0.05, 0) is 59.3 Å². The molecule has 3 aromatic rings. The van der Waals surface area contributed by atoms with Crippen molar-refractivity contribution in [1.82, 2.24) is 14.6 Å². The van der Waals surface area contributed by atoms with Crippen molar-refractivity contribution in [3.8, 4) is 5.75 Å². The molecule has 1 atom stereocenters. The number of nitrogen functional groups attached to an aromatic ring is 1. The number of amides is 3. The Morgan fingerprint density at radius 2 is 1.76 bits per heavy atom. The molecule has 0 saturated heterocycles. The number of rotatable bonds is 11. The van der Waals surface area contributed by atoms with E-state index >= 15 is 0 Å². The van der Waals surface area contributed by atoms with Gasteiger partial charge in [0.15, 0.2) is 5.69 Å². The van der Waals surface area contributed by atoms with Crippen LogP contribution in [-0.2, 0) is 11.3 Å².